The van der Waals surface area contributed by atoms with Crippen molar-refractivity contribution in [3.8, 4) is 50.5 Å². The fourth-order valence-corrected chi connectivity index (χ4v) is 16.0. The second kappa shape index (κ2) is 19.4. The largest absolute Gasteiger partial charge is 0.309 e. The van der Waals surface area contributed by atoms with Crippen molar-refractivity contribution in [3.63, 3.8) is 0 Å². The van der Waals surface area contributed by atoms with Gasteiger partial charge in [0.2, 0.25) is 0 Å². The van der Waals surface area contributed by atoms with Crippen molar-refractivity contribution in [1.29, 1.82) is 0 Å². The van der Waals surface area contributed by atoms with Crippen molar-refractivity contribution in [2.45, 2.75) is 0 Å². The average molecular weight is 1100 g/mol. The molecule has 0 spiro atoms. The summed E-state index contributed by atoms with van der Waals surface area (Å²) in [5.41, 5.74) is 14.1. The third-order valence-electron chi connectivity index (χ3n) is 17.4. The SMILES string of the molecule is O=P(c1ccc(-c2c3ccc4ccccc4c3nc3c2ccc2ccccc23)cc1)(c1ccc(-c2c3ccc4ccccc4c3nc3c2ccc2ccccc23)cc1)c1cccc(-c2ccc(-c3nc4ccccc4n3-c3ccccc3)cc2)c1. The van der Waals surface area contributed by atoms with Crippen molar-refractivity contribution in [3.05, 3.63) is 297 Å². The van der Waals surface area contributed by atoms with Gasteiger partial charge in [-0.15, -0.1) is 0 Å². The van der Waals surface area contributed by atoms with Crippen LogP contribution < -0.4 is 15.9 Å². The zero-order valence-corrected chi connectivity index (χ0v) is 46.8. The molecule has 0 saturated carbocycles. The lowest BCUT2D eigenvalue weighted by Crippen LogP contribution is -2.25. The van der Waals surface area contributed by atoms with Gasteiger partial charge in [-0.25, -0.2) is 15.0 Å². The summed E-state index contributed by atoms with van der Waals surface area (Å²) >= 11 is 0. The highest BCUT2D eigenvalue weighted by molar-refractivity contribution is 7.85. The van der Waals surface area contributed by atoms with Crippen molar-refractivity contribution in [1.82, 2.24) is 19.5 Å². The molecule has 3 aromatic heterocycles. The maximum Gasteiger partial charge on any atom is 0.171 e. The molecule has 0 amide bonds. The van der Waals surface area contributed by atoms with Crippen molar-refractivity contribution in [2.24, 2.45) is 0 Å². The first-order valence-electron chi connectivity index (χ1n) is 28.8. The van der Waals surface area contributed by atoms with Gasteiger partial charge in [-0.05, 0) is 74.1 Å². The molecule has 14 aromatic carbocycles. The number of benzene rings is 14. The van der Waals surface area contributed by atoms with Gasteiger partial charge in [-0.2, -0.15) is 0 Å². The van der Waals surface area contributed by atoms with Crippen LogP contribution in [-0.2, 0) is 4.57 Å². The van der Waals surface area contributed by atoms with Gasteiger partial charge in [0, 0.05) is 81.4 Å². The molecular weight excluding hydrogens is 1050 g/mol. The fourth-order valence-electron chi connectivity index (χ4n) is 13.3. The minimum Gasteiger partial charge on any atom is -0.309 e. The van der Waals surface area contributed by atoms with Gasteiger partial charge in [-0.1, -0.05) is 267 Å². The Morgan fingerprint density at radius 2 is 0.671 bits per heavy atom. The summed E-state index contributed by atoms with van der Waals surface area (Å²) in [6.07, 6.45) is 0. The molecule has 0 atom stereocenters. The maximum absolute atomic E-state index is 17.2. The van der Waals surface area contributed by atoms with E-state index >= 15 is 4.57 Å². The van der Waals surface area contributed by atoms with E-state index in [1.54, 1.807) is 0 Å². The van der Waals surface area contributed by atoms with Crippen LogP contribution in [0.1, 0.15) is 0 Å². The number of hydrogen-bond acceptors (Lipinski definition) is 4. The van der Waals surface area contributed by atoms with Crippen LogP contribution in [0, 0.1) is 0 Å². The molecule has 3 heterocycles. The van der Waals surface area contributed by atoms with Gasteiger partial charge in [0.15, 0.2) is 7.14 Å². The maximum atomic E-state index is 17.2. The number of pyridine rings is 2. The molecule has 0 aliphatic heterocycles. The first kappa shape index (κ1) is 48.8. The molecule has 85 heavy (non-hydrogen) atoms. The topological polar surface area (TPSA) is 60.7 Å². The minimum atomic E-state index is -3.62. The molecule has 0 aliphatic carbocycles. The van der Waals surface area contributed by atoms with Crippen LogP contribution in [0.2, 0.25) is 0 Å². The summed E-state index contributed by atoms with van der Waals surface area (Å²) in [5.74, 6) is 0.869. The van der Waals surface area contributed by atoms with Crippen LogP contribution >= 0.6 is 7.14 Å². The van der Waals surface area contributed by atoms with E-state index in [-0.39, 0.29) is 0 Å². The third kappa shape index (κ3) is 7.78. The molecule has 0 radical (unpaired) electrons. The van der Waals surface area contributed by atoms with E-state index in [1.165, 1.54) is 0 Å². The first-order chi connectivity index (χ1) is 42.0. The number of nitrogens with zero attached hydrogens (tertiary/aromatic N) is 4. The van der Waals surface area contributed by atoms with Crippen molar-refractivity contribution < 1.29 is 4.57 Å². The van der Waals surface area contributed by atoms with Gasteiger partial charge in [0.1, 0.15) is 5.82 Å². The Hall–Kier alpha value is -10.8. The molecule has 0 aliphatic rings. The highest BCUT2D eigenvalue weighted by Crippen LogP contribution is 2.47. The lowest BCUT2D eigenvalue weighted by atomic mass is 9.92. The van der Waals surface area contributed by atoms with E-state index in [2.05, 4.69) is 284 Å². The number of para-hydroxylation sites is 3. The third-order valence-corrected chi connectivity index (χ3v) is 20.5. The van der Waals surface area contributed by atoms with Crippen LogP contribution in [-0.4, -0.2) is 19.5 Å². The lowest BCUT2D eigenvalue weighted by Gasteiger charge is -2.22. The average Bonchev–Trinajstić information content (AvgIpc) is 2.37. The Bertz CT molecular complexity index is 5190. The Labute approximate surface area is 489 Å². The van der Waals surface area contributed by atoms with Crippen molar-refractivity contribution in [2.75, 3.05) is 0 Å². The highest BCUT2D eigenvalue weighted by atomic mass is 31.2. The van der Waals surface area contributed by atoms with E-state index in [0.29, 0.717) is 0 Å². The van der Waals surface area contributed by atoms with Gasteiger partial charge < -0.3 is 4.57 Å². The van der Waals surface area contributed by atoms with Gasteiger partial charge in [-0.3, -0.25) is 4.57 Å². The molecular formula is C79H49N4OP. The lowest BCUT2D eigenvalue weighted by molar-refractivity contribution is 0.592. The van der Waals surface area contributed by atoms with E-state index < -0.39 is 7.14 Å². The minimum absolute atomic E-state index is 0.743. The number of rotatable bonds is 8. The summed E-state index contributed by atoms with van der Waals surface area (Å²) in [5, 5.41) is 15.5. The fraction of sp³-hybridized carbons (Fsp3) is 0. The van der Waals surface area contributed by atoms with Crippen LogP contribution in [0.15, 0.2) is 297 Å². The van der Waals surface area contributed by atoms with E-state index in [0.717, 1.165) is 164 Å². The normalized spacial score (nSPS) is 12.0. The van der Waals surface area contributed by atoms with Gasteiger partial charge in [0.05, 0.1) is 33.1 Å². The quantitative estimate of drug-likeness (QED) is 0.0864. The zero-order chi connectivity index (χ0) is 56.2. The molecule has 0 bridgehead atoms. The molecule has 0 unspecified atom stereocenters. The summed E-state index contributed by atoms with van der Waals surface area (Å²) in [4.78, 5) is 16.1. The molecule has 6 heteroatoms. The number of hydrogen-bond donors (Lipinski definition) is 0. The smallest absolute Gasteiger partial charge is 0.171 e. The Kier molecular flexibility index (Phi) is 11.1. The Morgan fingerprint density at radius 1 is 0.271 bits per heavy atom. The van der Waals surface area contributed by atoms with E-state index in [9.17, 15) is 0 Å². The monoisotopic (exact) mass is 1100 g/mol. The summed E-state index contributed by atoms with van der Waals surface area (Å²) < 4.78 is 19.4. The summed E-state index contributed by atoms with van der Waals surface area (Å²) in [6.45, 7) is 0. The van der Waals surface area contributed by atoms with Crippen LogP contribution in [0.4, 0.5) is 0 Å². The molecule has 17 rings (SSSR count). The Morgan fingerprint density at radius 3 is 1.14 bits per heavy atom. The zero-order valence-electron chi connectivity index (χ0n) is 45.9. The van der Waals surface area contributed by atoms with Crippen molar-refractivity contribution >= 4 is 121 Å². The number of fused-ring (bicyclic) bond motifs is 13. The number of aromatic nitrogens is 4. The standard InChI is InChI=1S/C79H49N4OP/c84-85(62-22-14-19-58(49-62)50-29-31-57(32-30-50)79-80-71-27-12-13-28-72(71)83(79)59-20-2-1-3-21-59,60-41-33-55(34-42-60)73-67-45-37-51-15-4-8-23-63(51)75(67)81-76-64-24-9-5-16-52(64)38-46-68(73)76)61-43-35-56(36-44-61)74-69-47-39-53-17-6-10-25-65(53)77(69)82-78-66-26-11-7-18-54(66)40-48-70(74)78/h1-49H. The molecule has 0 saturated heterocycles. The Balaban J connectivity index is 0.836. The number of imidazole rings is 1. The van der Waals surface area contributed by atoms with Crippen LogP contribution in [0.5, 0.6) is 0 Å². The molecule has 0 N–H and O–H groups in total. The molecule has 396 valence electrons. The van der Waals surface area contributed by atoms with Crippen LogP contribution in [0.3, 0.4) is 0 Å². The molecule has 0 fully saturated rings. The first-order valence-corrected chi connectivity index (χ1v) is 30.5. The van der Waals surface area contributed by atoms with Gasteiger partial charge >= 0.3 is 0 Å². The predicted molar refractivity (Wildman–Crippen MR) is 358 cm³/mol. The second-order valence-electron chi connectivity index (χ2n) is 22.1. The second-order valence-corrected chi connectivity index (χ2v) is 24.9. The predicted octanol–water partition coefficient (Wildman–Crippen LogP) is 19.3. The van der Waals surface area contributed by atoms with E-state index in [4.69, 9.17) is 15.0 Å². The summed E-state index contributed by atoms with van der Waals surface area (Å²) in [7, 11) is -3.62. The highest BCUT2D eigenvalue weighted by Gasteiger charge is 2.31. The van der Waals surface area contributed by atoms with Gasteiger partial charge in [0.25, 0.3) is 0 Å². The molecule has 5 nitrogen and oxygen atoms in total. The van der Waals surface area contributed by atoms with Crippen LogP contribution in [0.25, 0.3) is 148 Å². The molecule has 17 aromatic rings. The summed E-state index contributed by atoms with van der Waals surface area (Å²) in [6, 6.07) is 104. The van der Waals surface area contributed by atoms with E-state index in [1.807, 2.05) is 18.2 Å².